The first-order valence-electron chi connectivity index (χ1n) is 19.6. The number of carbonyl (C=O) groups is 3. The fourth-order valence-electron chi connectivity index (χ4n) is 7.53. The Morgan fingerprint density at radius 2 is 1.76 bits per heavy atom. The lowest BCUT2D eigenvalue weighted by molar-refractivity contribution is -0.135. The molecule has 1 fully saturated rings. The van der Waals surface area contributed by atoms with Gasteiger partial charge in [-0.3, -0.25) is 24.1 Å². The van der Waals surface area contributed by atoms with Crippen LogP contribution in [-0.2, 0) is 37.4 Å². The van der Waals surface area contributed by atoms with Gasteiger partial charge >= 0.3 is 0 Å². The van der Waals surface area contributed by atoms with Crippen LogP contribution in [0.3, 0.4) is 0 Å². The first-order chi connectivity index (χ1) is 28.6. The largest absolute Gasteiger partial charge is 0.491 e. The van der Waals surface area contributed by atoms with Gasteiger partial charge in [-0.05, 0) is 54.4 Å². The summed E-state index contributed by atoms with van der Waals surface area (Å²) in [5, 5.41) is 8.29. The topological polar surface area (TPSA) is 152 Å². The average Bonchev–Trinajstić information content (AvgIpc) is 4.00. The fourth-order valence-corrected chi connectivity index (χ4v) is 8.57. The fraction of sp³-hybridized carbons (Fsp3) is 0.289. The maximum absolute atomic E-state index is 12.8. The third kappa shape index (κ3) is 7.80. The molecule has 0 aliphatic carbocycles. The highest BCUT2D eigenvalue weighted by atomic mass is 32.1. The Balaban J connectivity index is 0.766. The lowest BCUT2D eigenvalue weighted by atomic mass is 9.93. The molecule has 2 amide bonds. The van der Waals surface area contributed by atoms with E-state index in [2.05, 4.69) is 40.6 Å². The van der Waals surface area contributed by atoms with Crippen LogP contribution in [0.4, 0.5) is 0 Å². The van der Waals surface area contributed by atoms with Gasteiger partial charge in [0.25, 0.3) is 0 Å². The van der Waals surface area contributed by atoms with E-state index in [-0.39, 0.29) is 35.9 Å². The zero-order valence-corrected chi connectivity index (χ0v) is 33.7. The molecule has 1 unspecified atom stereocenters. The number of rotatable bonds is 14. The predicted octanol–water partition coefficient (Wildman–Crippen LogP) is 7.81. The van der Waals surface area contributed by atoms with Crippen molar-refractivity contribution in [3.8, 4) is 22.8 Å². The lowest BCUT2D eigenvalue weighted by Gasteiger charge is -2.23. The molecule has 0 saturated carbocycles. The van der Waals surface area contributed by atoms with Crippen LogP contribution in [0.2, 0.25) is 0 Å². The smallest absolute Gasteiger partial charge is 0.249 e. The number of benzene rings is 3. The van der Waals surface area contributed by atoms with Gasteiger partial charge in [-0.2, -0.15) is 0 Å². The third-order valence-electron chi connectivity index (χ3n) is 10.4. The normalized spacial score (nSPS) is 14.8. The highest BCUT2D eigenvalue weighted by Crippen LogP contribution is 2.38. The lowest BCUT2D eigenvalue weighted by Crippen LogP contribution is -2.41. The van der Waals surface area contributed by atoms with E-state index in [4.69, 9.17) is 23.7 Å². The number of hydrogen-bond donors (Lipinski definition) is 1. The van der Waals surface area contributed by atoms with Gasteiger partial charge in [0.15, 0.2) is 4.96 Å². The van der Waals surface area contributed by atoms with Gasteiger partial charge in [-0.15, -0.1) is 0 Å². The highest BCUT2D eigenvalue weighted by molar-refractivity contribution is 7.23. The van der Waals surface area contributed by atoms with Crippen molar-refractivity contribution in [2.45, 2.75) is 57.9 Å². The Kier molecular flexibility index (Phi) is 10.2. The molecule has 1 aliphatic rings. The van der Waals surface area contributed by atoms with E-state index < -0.39 is 6.04 Å². The van der Waals surface area contributed by atoms with Crippen LogP contribution in [-0.4, -0.2) is 68.1 Å². The Morgan fingerprint density at radius 3 is 2.56 bits per heavy atom. The minimum Gasteiger partial charge on any atom is -0.491 e. The maximum atomic E-state index is 12.8. The summed E-state index contributed by atoms with van der Waals surface area (Å²) < 4.78 is 28.6. The monoisotopic (exact) mass is 810 g/mol. The molecule has 9 rings (SSSR count). The van der Waals surface area contributed by atoms with E-state index in [1.807, 2.05) is 89.6 Å². The molecule has 0 bridgehead atoms. The van der Waals surface area contributed by atoms with Crippen molar-refractivity contribution in [2.24, 2.45) is 0 Å². The first kappa shape index (κ1) is 38.2. The molecule has 5 aromatic heterocycles. The van der Waals surface area contributed by atoms with Crippen LogP contribution in [0.1, 0.15) is 56.7 Å². The first-order valence-corrected chi connectivity index (χ1v) is 20.4. The molecule has 1 atom stereocenters. The number of amides is 2. The molecule has 0 radical (unpaired) electrons. The number of hydrogen-bond acceptors (Lipinski definition) is 11. The number of imidazole rings is 1. The quantitative estimate of drug-likeness (QED) is 0.0851. The zero-order valence-electron chi connectivity index (χ0n) is 32.9. The third-order valence-corrected chi connectivity index (χ3v) is 11.5. The molecule has 14 heteroatoms. The molecule has 0 spiro atoms. The van der Waals surface area contributed by atoms with Gasteiger partial charge in [0.05, 0.1) is 52.1 Å². The van der Waals surface area contributed by atoms with E-state index in [1.165, 1.54) is 0 Å². The molecule has 6 heterocycles. The van der Waals surface area contributed by atoms with Gasteiger partial charge in [-0.25, -0.2) is 9.97 Å². The molecule has 1 aliphatic heterocycles. The average molecular weight is 811 g/mol. The number of nitrogens with one attached hydrogen (secondary N) is 1. The van der Waals surface area contributed by atoms with E-state index >= 15 is 0 Å². The van der Waals surface area contributed by atoms with Crippen LogP contribution in [0.5, 0.6) is 11.5 Å². The number of nitrogens with zero attached hydrogens (tertiary/aromatic N) is 5. The van der Waals surface area contributed by atoms with Gasteiger partial charge in [-0.1, -0.05) is 67.6 Å². The van der Waals surface area contributed by atoms with Crippen LogP contribution in [0, 0.1) is 0 Å². The van der Waals surface area contributed by atoms with Crippen molar-refractivity contribution in [3.05, 3.63) is 108 Å². The molecule has 8 aromatic rings. The minimum absolute atomic E-state index is 0.0849. The summed E-state index contributed by atoms with van der Waals surface area (Å²) in [6, 6.07) is 24.9. The molecule has 300 valence electrons. The Hall–Kier alpha value is -6.38. The van der Waals surface area contributed by atoms with E-state index in [1.54, 1.807) is 17.5 Å². The number of aromatic nitrogens is 5. The SMILES string of the molecule is CC(C)(C)c1cc(CC(=O)Cc2ccc(-c3cn4c(n3)sc3cc(OCCOCCOc5cccc6c5c5cccnc5n6C5CCC(=O)NC5=O)ccc34)cc2)no1. The van der Waals surface area contributed by atoms with Crippen LogP contribution >= 0.6 is 11.3 Å². The van der Waals surface area contributed by atoms with E-state index in [0.29, 0.717) is 56.4 Å². The summed E-state index contributed by atoms with van der Waals surface area (Å²) in [4.78, 5) is 47.8. The van der Waals surface area contributed by atoms with Gasteiger partial charge < -0.3 is 23.3 Å². The molecule has 3 aromatic carbocycles. The van der Waals surface area contributed by atoms with Crippen molar-refractivity contribution >= 4 is 66.0 Å². The summed E-state index contributed by atoms with van der Waals surface area (Å²) in [7, 11) is 0. The predicted molar refractivity (Wildman–Crippen MR) is 224 cm³/mol. The van der Waals surface area contributed by atoms with Gasteiger partial charge in [0, 0.05) is 47.7 Å². The molecule has 13 nitrogen and oxygen atoms in total. The molecule has 59 heavy (non-hydrogen) atoms. The van der Waals surface area contributed by atoms with Gasteiger partial charge in [0.1, 0.15) is 47.9 Å². The molecular formula is C45H42N6O7S. The number of piperidine rings is 1. The Labute approximate surface area is 342 Å². The van der Waals surface area contributed by atoms with Crippen molar-refractivity contribution in [2.75, 3.05) is 26.4 Å². The zero-order chi connectivity index (χ0) is 40.7. The second-order valence-electron chi connectivity index (χ2n) is 15.7. The van der Waals surface area contributed by atoms with E-state index in [0.717, 1.165) is 59.8 Å². The molecular weight excluding hydrogens is 769 g/mol. The number of fused-ring (bicyclic) bond motifs is 6. The van der Waals surface area contributed by atoms with Crippen molar-refractivity contribution in [1.29, 1.82) is 0 Å². The highest BCUT2D eigenvalue weighted by Gasteiger charge is 2.31. The van der Waals surface area contributed by atoms with Crippen LogP contribution in [0.15, 0.2) is 95.8 Å². The number of pyridine rings is 1. The number of ketones is 1. The maximum Gasteiger partial charge on any atom is 0.249 e. The second-order valence-corrected chi connectivity index (χ2v) is 16.7. The summed E-state index contributed by atoms with van der Waals surface area (Å²) in [5.41, 5.74) is 5.83. The summed E-state index contributed by atoms with van der Waals surface area (Å²) in [5.74, 6) is 1.70. The van der Waals surface area contributed by atoms with Crippen LogP contribution < -0.4 is 14.8 Å². The molecule has 1 saturated heterocycles. The van der Waals surface area contributed by atoms with E-state index in [9.17, 15) is 14.4 Å². The number of Topliss-reactive ketones (excluding diaryl/α,β-unsaturated/α-hetero) is 1. The van der Waals surface area contributed by atoms with Crippen molar-refractivity contribution in [3.63, 3.8) is 0 Å². The second kappa shape index (κ2) is 15.8. The summed E-state index contributed by atoms with van der Waals surface area (Å²) in [6.45, 7) is 7.59. The number of ether oxygens (including phenoxy) is 3. The Morgan fingerprint density at radius 1 is 0.932 bits per heavy atom. The van der Waals surface area contributed by atoms with Gasteiger partial charge in [0.2, 0.25) is 11.8 Å². The number of carbonyl (C=O) groups excluding carboxylic acids is 3. The Bertz CT molecular complexity index is 2860. The summed E-state index contributed by atoms with van der Waals surface area (Å²) >= 11 is 1.59. The standard InChI is InChI=1S/C45H42N6O7S/c1-45(2,3)39-24-29(49-58-39)23-30(52)22-27-9-11-28(12-10-27)33-26-50-34-14-13-31(25-38(34)59-44(50)47-33)56-20-18-55-19-21-57-37-8-4-7-35-41(37)32-6-5-17-46-42(32)51(35)36-15-16-40(53)48-43(36)54/h4-14,17,24-26,36H,15-16,18-23H2,1-3H3,(H,48,53,54). The summed E-state index contributed by atoms with van der Waals surface area (Å²) in [6.07, 6.45) is 4.99. The minimum atomic E-state index is -0.540. The van der Waals surface area contributed by atoms with Crippen LogP contribution in [0.25, 0.3) is 48.4 Å². The molecule has 1 N–H and O–H groups in total. The van der Waals surface area contributed by atoms with Crippen molar-refractivity contribution < 1.29 is 33.1 Å². The number of thiazole rings is 1. The number of imide groups is 1. The van der Waals surface area contributed by atoms with Crippen molar-refractivity contribution in [1.82, 2.24) is 29.4 Å².